The Kier molecular flexibility index (Phi) is 5.27. The molecule has 3 aliphatic heterocycles. The molecule has 0 aliphatic carbocycles. The molecule has 6 rings (SSSR count). The van der Waals surface area contributed by atoms with E-state index in [1.54, 1.807) is 0 Å². The van der Waals surface area contributed by atoms with Crippen molar-refractivity contribution >= 4 is 23.1 Å². The van der Waals surface area contributed by atoms with E-state index in [1.807, 2.05) is 24.5 Å². The predicted octanol–water partition coefficient (Wildman–Crippen LogP) is 4.89. The highest BCUT2D eigenvalue weighted by molar-refractivity contribution is 6.06. The van der Waals surface area contributed by atoms with Gasteiger partial charge in [-0.05, 0) is 74.3 Å². The second-order valence-electron chi connectivity index (χ2n) is 10.1. The summed E-state index contributed by atoms with van der Waals surface area (Å²) in [6, 6.07) is 8.82. The normalized spacial score (nSPS) is 21.7. The molecule has 7 nitrogen and oxygen atoms in total. The standard InChI is InChI=1S/C27H32N6O/c1-17-6-7-18(2)32(16-17)19-8-11-25(28-13-19)31-23-10-9-20(22-14-29-27(34)26(22)23)21-15-30-33-12-4-3-5-24(21)33/h8-11,13,15,17-18H,3-7,12,14,16H2,1-2H3,(H,28,31)(H,29,34)/t17-,18+/m0/s1. The van der Waals surface area contributed by atoms with Gasteiger partial charge in [0.1, 0.15) is 5.82 Å². The fraction of sp³-hybridized carbons (Fsp3) is 0.444. The van der Waals surface area contributed by atoms with Crippen molar-refractivity contribution in [3.8, 4) is 11.1 Å². The van der Waals surface area contributed by atoms with Crippen molar-refractivity contribution in [2.75, 3.05) is 16.8 Å². The lowest BCUT2D eigenvalue weighted by Gasteiger charge is -2.38. The lowest BCUT2D eigenvalue weighted by Crippen LogP contribution is -2.41. The summed E-state index contributed by atoms with van der Waals surface area (Å²) in [4.78, 5) is 20.0. The molecule has 176 valence electrons. The molecule has 1 saturated heterocycles. The van der Waals surface area contributed by atoms with Crippen molar-refractivity contribution in [2.45, 2.75) is 65.1 Å². The number of pyridine rings is 1. The highest BCUT2D eigenvalue weighted by atomic mass is 16.1. The fourth-order valence-electron chi connectivity index (χ4n) is 5.77. The van der Waals surface area contributed by atoms with Crippen LogP contribution >= 0.6 is 0 Å². The van der Waals surface area contributed by atoms with E-state index in [4.69, 9.17) is 4.98 Å². The Labute approximate surface area is 200 Å². The number of anilines is 3. The lowest BCUT2D eigenvalue weighted by molar-refractivity contribution is 0.0966. The van der Waals surface area contributed by atoms with Crippen LogP contribution in [-0.2, 0) is 19.5 Å². The van der Waals surface area contributed by atoms with Gasteiger partial charge in [0.2, 0.25) is 0 Å². The van der Waals surface area contributed by atoms with E-state index in [2.05, 4.69) is 51.3 Å². The molecular formula is C27H32N6O. The summed E-state index contributed by atoms with van der Waals surface area (Å²) in [5, 5.41) is 11.0. The van der Waals surface area contributed by atoms with Gasteiger partial charge in [-0.15, -0.1) is 0 Å². The first kappa shape index (κ1) is 21.2. The van der Waals surface area contributed by atoms with Crippen molar-refractivity contribution < 1.29 is 4.79 Å². The Morgan fingerprint density at radius 2 is 1.97 bits per heavy atom. The number of carbonyl (C=O) groups excluding carboxylic acids is 1. The van der Waals surface area contributed by atoms with Crippen LogP contribution in [-0.4, -0.2) is 33.3 Å². The number of rotatable bonds is 4. The van der Waals surface area contributed by atoms with Gasteiger partial charge >= 0.3 is 0 Å². The van der Waals surface area contributed by atoms with E-state index in [0.717, 1.165) is 59.0 Å². The van der Waals surface area contributed by atoms with Crippen LogP contribution in [0.4, 0.5) is 17.2 Å². The number of hydrogen-bond acceptors (Lipinski definition) is 5. The molecule has 0 unspecified atom stereocenters. The second-order valence-corrected chi connectivity index (χ2v) is 10.1. The zero-order valence-corrected chi connectivity index (χ0v) is 20.0. The zero-order chi connectivity index (χ0) is 23.2. The van der Waals surface area contributed by atoms with Crippen LogP contribution in [0, 0.1) is 5.92 Å². The molecule has 3 aromatic rings. The van der Waals surface area contributed by atoms with Crippen LogP contribution in [0.2, 0.25) is 0 Å². The van der Waals surface area contributed by atoms with Gasteiger partial charge in [0.25, 0.3) is 5.91 Å². The van der Waals surface area contributed by atoms with Crippen LogP contribution in [0.1, 0.15) is 61.1 Å². The molecule has 2 aromatic heterocycles. The van der Waals surface area contributed by atoms with Gasteiger partial charge in [0.15, 0.2) is 0 Å². The van der Waals surface area contributed by atoms with Crippen molar-refractivity contribution in [2.24, 2.45) is 5.92 Å². The number of nitrogens with zero attached hydrogens (tertiary/aromatic N) is 4. The number of nitrogens with one attached hydrogen (secondary N) is 2. The summed E-state index contributed by atoms with van der Waals surface area (Å²) in [7, 11) is 0. The smallest absolute Gasteiger partial charge is 0.254 e. The number of aromatic nitrogens is 3. The van der Waals surface area contributed by atoms with Crippen LogP contribution in [0.15, 0.2) is 36.7 Å². The van der Waals surface area contributed by atoms with Crippen LogP contribution < -0.4 is 15.5 Å². The van der Waals surface area contributed by atoms with Crippen LogP contribution in [0.5, 0.6) is 0 Å². The number of piperidine rings is 1. The van der Waals surface area contributed by atoms with E-state index in [9.17, 15) is 4.79 Å². The summed E-state index contributed by atoms with van der Waals surface area (Å²) in [6.45, 7) is 7.20. The van der Waals surface area contributed by atoms with Crippen molar-refractivity contribution in [1.82, 2.24) is 20.1 Å². The molecule has 1 fully saturated rings. The first-order chi connectivity index (χ1) is 16.6. The first-order valence-electron chi connectivity index (χ1n) is 12.6. The number of amides is 1. The molecule has 1 aromatic carbocycles. The van der Waals surface area contributed by atoms with E-state index in [1.165, 1.54) is 31.4 Å². The fourth-order valence-corrected chi connectivity index (χ4v) is 5.77. The summed E-state index contributed by atoms with van der Waals surface area (Å²) >= 11 is 0. The topological polar surface area (TPSA) is 75.1 Å². The molecule has 34 heavy (non-hydrogen) atoms. The van der Waals surface area contributed by atoms with Gasteiger partial charge in [0.05, 0.1) is 29.3 Å². The third kappa shape index (κ3) is 3.63. The Morgan fingerprint density at radius 1 is 1.06 bits per heavy atom. The highest BCUT2D eigenvalue weighted by Gasteiger charge is 2.28. The minimum atomic E-state index is -0.0341. The predicted molar refractivity (Wildman–Crippen MR) is 134 cm³/mol. The minimum Gasteiger partial charge on any atom is -0.367 e. The molecule has 0 radical (unpaired) electrons. The molecule has 0 spiro atoms. The molecule has 2 atom stereocenters. The number of carbonyl (C=O) groups is 1. The van der Waals surface area contributed by atoms with Gasteiger partial charge < -0.3 is 15.5 Å². The average molecular weight is 457 g/mol. The largest absolute Gasteiger partial charge is 0.367 e. The molecule has 2 N–H and O–H groups in total. The SMILES string of the molecule is C[C@H]1CC[C@@H](C)N(c2ccc(Nc3ccc(-c4cnn5c4CCCC5)c4c3C(=O)NC4)nc2)C1. The Bertz CT molecular complexity index is 1230. The molecular weight excluding hydrogens is 424 g/mol. The summed E-state index contributed by atoms with van der Waals surface area (Å²) in [5.41, 5.74) is 7.28. The summed E-state index contributed by atoms with van der Waals surface area (Å²) < 4.78 is 2.12. The molecule has 0 bridgehead atoms. The van der Waals surface area contributed by atoms with E-state index in [-0.39, 0.29) is 5.91 Å². The molecule has 1 amide bonds. The van der Waals surface area contributed by atoms with Crippen molar-refractivity contribution in [1.29, 1.82) is 0 Å². The maximum absolute atomic E-state index is 12.8. The monoisotopic (exact) mass is 456 g/mol. The zero-order valence-electron chi connectivity index (χ0n) is 20.0. The molecule has 3 aliphatic rings. The van der Waals surface area contributed by atoms with E-state index < -0.39 is 0 Å². The lowest BCUT2D eigenvalue weighted by atomic mass is 9.94. The quantitative estimate of drug-likeness (QED) is 0.584. The maximum atomic E-state index is 12.8. The van der Waals surface area contributed by atoms with Gasteiger partial charge in [0, 0.05) is 36.9 Å². The summed E-state index contributed by atoms with van der Waals surface area (Å²) in [6.07, 6.45) is 9.83. The Hall–Kier alpha value is -3.35. The van der Waals surface area contributed by atoms with Crippen molar-refractivity contribution in [3.63, 3.8) is 0 Å². The van der Waals surface area contributed by atoms with Gasteiger partial charge in [-0.2, -0.15) is 5.10 Å². The molecule has 7 heteroatoms. The Balaban J connectivity index is 1.29. The van der Waals surface area contributed by atoms with Gasteiger partial charge in [-0.25, -0.2) is 4.98 Å². The number of aryl methyl sites for hydroxylation is 1. The summed E-state index contributed by atoms with van der Waals surface area (Å²) in [5.74, 6) is 1.42. The molecule has 0 saturated carbocycles. The highest BCUT2D eigenvalue weighted by Crippen LogP contribution is 2.37. The average Bonchev–Trinajstić information content (AvgIpc) is 3.46. The van der Waals surface area contributed by atoms with Crippen LogP contribution in [0.3, 0.4) is 0 Å². The third-order valence-electron chi connectivity index (χ3n) is 7.70. The van der Waals surface area contributed by atoms with E-state index in [0.29, 0.717) is 18.5 Å². The van der Waals surface area contributed by atoms with Crippen molar-refractivity contribution in [3.05, 3.63) is 53.5 Å². The van der Waals surface area contributed by atoms with Gasteiger partial charge in [-0.1, -0.05) is 13.0 Å². The number of benzene rings is 1. The maximum Gasteiger partial charge on any atom is 0.254 e. The van der Waals surface area contributed by atoms with E-state index >= 15 is 0 Å². The Morgan fingerprint density at radius 3 is 2.82 bits per heavy atom. The van der Waals surface area contributed by atoms with Crippen LogP contribution in [0.25, 0.3) is 11.1 Å². The van der Waals surface area contributed by atoms with Gasteiger partial charge in [-0.3, -0.25) is 9.48 Å². The number of fused-ring (bicyclic) bond motifs is 2. The second kappa shape index (κ2) is 8.46. The third-order valence-corrected chi connectivity index (χ3v) is 7.70. The first-order valence-corrected chi connectivity index (χ1v) is 12.6. The molecule has 5 heterocycles. The minimum absolute atomic E-state index is 0.0341. The number of hydrogen-bond donors (Lipinski definition) is 2.